The molecule has 3 atom stereocenters. The third-order valence-corrected chi connectivity index (χ3v) is 4.33. The first-order valence-electron chi connectivity index (χ1n) is 8.09. The summed E-state index contributed by atoms with van der Waals surface area (Å²) in [5, 5.41) is 8.42. The van der Waals surface area contributed by atoms with Crippen LogP contribution in [0.5, 0.6) is 0 Å². The lowest BCUT2D eigenvalue weighted by atomic mass is 9.95. The third kappa shape index (κ3) is 4.06. The van der Waals surface area contributed by atoms with E-state index in [1.54, 1.807) is 0 Å². The van der Waals surface area contributed by atoms with Crippen molar-refractivity contribution in [2.45, 2.75) is 58.5 Å². The molecule has 1 aromatic rings. The molecule has 0 aromatic carbocycles. The van der Waals surface area contributed by atoms with E-state index in [9.17, 15) is 0 Å². The predicted octanol–water partition coefficient (Wildman–Crippen LogP) is 2.80. The second kappa shape index (κ2) is 7.79. The smallest absolute Gasteiger partial charge is 0.0640 e. The Morgan fingerprint density at radius 3 is 3.00 bits per heavy atom. The summed E-state index contributed by atoms with van der Waals surface area (Å²) in [4.78, 5) is 0. The zero-order chi connectivity index (χ0) is 14.4. The highest BCUT2D eigenvalue weighted by Crippen LogP contribution is 2.20. The zero-order valence-corrected chi connectivity index (χ0v) is 13.1. The van der Waals surface area contributed by atoms with Crippen molar-refractivity contribution >= 4 is 0 Å². The van der Waals surface area contributed by atoms with E-state index in [1.807, 2.05) is 0 Å². The largest absolute Gasteiger partial charge is 0.381 e. The predicted molar refractivity (Wildman–Crippen MR) is 81.9 cm³/mol. The van der Waals surface area contributed by atoms with Crippen LogP contribution < -0.4 is 5.32 Å². The molecular formula is C16H29N3O. The standard InChI is InChI=1S/C16H29N3O/c1-4-8-17-16(14-7-10-20-12-14)11-15-6-9-19(18-15)13(3)5-2/h6,9,13-14,16-17H,4-5,7-8,10-12H2,1-3H3. The van der Waals surface area contributed by atoms with Gasteiger partial charge in [-0.05, 0) is 38.8 Å². The molecule has 1 N–H and O–H groups in total. The minimum absolute atomic E-state index is 0.487. The molecule has 1 saturated heterocycles. The van der Waals surface area contributed by atoms with Crippen molar-refractivity contribution < 1.29 is 4.74 Å². The molecule has 0 radical (unpaired) electrons. The molecule has 0 amide bonds. The van der Waals surface area contributed by atoms with E-state index in [0.717, 1.165) is 32.6 Å². The fraction of sp³-hybridized carbons (Fsp3) is 0.812. The van der Waals surface area contributed by atoms with E-state index < -0.39 is 0 Å². The number of aromatic nitrogens is 2. The van der Waals surface area contributed by atoms with Crippen molar-refractivity contribution in [2.75, 3.05) is 19.8 Å². The maximum Gasteiger partial charge on any atom is 0.0640 e. The lowest BCUT2D eigenvalue weighted by molar-refractivity contribution is 0.176. The van der Waals surface area contributed by atoms with Gasteiger partial charge in [0, 0.05) is 37.2 Å². The Balaban J connectivity index is 1.97. The Kier molecular flexibility index (Phi) is 6.05. The molecule has 1 aliphatic heterocycles. The number of ether oxygens (including phenoxy) is 1. The average Bonchev–Trinajstić information content (AvgIpc) is 3.13. The quantitative estimate of drug-likeness (QED) is 0.795. The van der Waals surface area contributed by atoms with Gasteiger partial charge in [-0.1, -0.05) is 13.8 Å². The SMILES string of the molecule is CCCNC(Cc1ccn(C(C)CC)n1)C1CCOC1. The number of nitrogens with zero attached hydrogens (tertiary/aromatic N) is 2. The van der Waals surface area contributed by atoms with E-state index in [0.29, 0.717) is 18.0 Å². The lowest BCUT2D eigenvalue weighted by Crippen LogP contribution is -2.39. The molecule has 3 unspecified atom stereocenters. The molecule has 4 heteroatoms. The summed E-state index contributed by atoms with van der Waals surface area (Å²) in [6, 6.07) is 3.15. The summed E-state index contributed by atoms with van der Waals surface area (Å²) < 4.78 is 7.65. The normalized spacial score (nSPS) is 22.1. The molecule has 0 bridgehead atoms. The minimum Gasteiger partial charge on any atom is -0.381 e. The Morgan fingerprint density at radius 2 is 2.35 bits per heavy atom. The maximum atomic E-state index is 5.55. The van der Waals surface area contributed by atoms with Crippen LogP contribution in [0.2, 0.25) is 0 Å². The molecular weight excluding hydrogens is 250 g/mol. The minimum atomic E-state index is 0.487. The van der Waals surface area contributed by atoms with Crippen LogP contribution in [0.25, 0.3) is 0 Å². The Morgan fingerprint density at radius 1 is 1.50 bits per heavy atom. The van der Waals surface area contributed by atoms with Crippen molar-refractivity contribution in [1.82, 2.24) is 15.1 Å². The summed E-state index contributed by atoms with van der Waals surface area (Å²) in [6.07, 6.45) is 6.59. The highest BCUT2D eigenvalue weighted by atomic mass is 16.5. The molecule has 114 valence electrons. The highest BCUT2D eigenvalue weighted by molar-refractivity contribution is 5.03. The van der Waals surface area contributed by atoms with Gasteiger partial charge >= 0.3 is 0 Å². The van der Waals surface area contributed by atoms with Crippen LogP contribution >= 0.6 is 0 Å². The van der Waals surface area contributed by atoms with Gasteiger partial charge in [-0.2, -0.15) is 5.10 Å². The second-order valence-electron chi connectivity index (χ2n) is 5.93. The van der Waals surface area contributed by atoms with E-state index >= 15 is 0 Å². The van der Waals surface area contributed by atoms with Crippen LogP contribution in [-0.4, -0.2) is 35.6 Å². The fourth-order valence-corrected chi connectivity index (χ4v) is 2.75. The Bertz CT molecular complexity index is 385. The first-order chi connectivity index (χ1) is 9.74. The van der Waals surface area contributed by atoms with Crippen molar-refractivity contribution in [3.05, 3.63) is 18.0 Å². The van der Waals surface area contributed by atoms with Crippen LogP contribution in [-0.2, 0) is 11.2 Å². The summed E-state index contributed by atoms with van der Waals surface area (Å²) in [5.74, 6) is 0.635. The second-order valence-corrected chi connectivity index (χ2v) is 5.93. The van der Waals surface area contributed by atoms with Crippen LogP contribution in [0.3, 0.4) is 0 Å². The van der Waals surface area contributed by atoms with E-state index in [4.69, 9.17) is 9.84 Å². The van der Waals surface area contributed by atoms with E-state index in [-0.39, 0.29) is 0 Å². The number of hydrogen-bond acceptors (Lipinski definition) is 3. The average molecular weight is 279 g/mol. The van der Waals surface area contributed by atoms with Crippen molar-refractivity contribution in [3.8, 4) is 0 Å². The Labute approximate surface area is 122 Å². The van der Waals surface area contributed by atoms with E-state index in [1.165, 1.54) is 18.5 Å². The van der Waals surface area contributed by atoms with Gasteiger partial charge in [-0.15, -0.1) is 0 Å². The van der Waals surface area contributed by atoms with E-state index in [2.05, 4.69) is 43.0 Å². The van der Waals surface area contributed by atoms with Crippen molar-refractivity contribution in [2.24, 2.45) is 5.92 Å². The molecule has 20 heavy (non-hydrogen) atoms. The van der Waals surface area contributed by atoms with Gasteiger partial charge < -0.3 is 10.1 Å². The number of rotatable bonds is 8. The topological polar surface area (TPSA) is 39.1 Å². The molecule has 0 aliphatic carbocycles. The first-order valence-corrected chi connectivity index (χ1v) is 8.09. The maximum absolute atomic E-state index is 5.55. The monoisotopic (exact) mass is 279 g/mol. The molecule has 1 aromatic heterocycles. The van der Waals surface area contributed by atoms with Gasteiger partial charge in [0.2, 0.25) is 0 Å². The summed E-state index contributed by atoms with van der Waals surface area (Å²) >= 11 is 0. The van der Waals surface area contributed by atoms with Crippen molar-refractivity contribution in [1.29, 1.82) is 0 Å². The molecule has 1 fully saturated rings. The summed E-state index contributed by atoms with van der Waals surface area (Å²) in [6.45, 7) is 9.52. The molecule has 4 nitrogen and oxygen atoms in total. The summed E-state index contributed by atoms with van der Waals surface area (Å²) in [7, 11) is 0. The highest BCUT2D eigenvalue weighted by Gasteiger charge is 2.26. The number of nitrogens with one attached hydrogen (secondary N) is 1. The molecule has 2 heterocycles. The van der Waals surface area contributed by atoms with Gasteiger partial charge in [0.15, 0.2) is 0 Å². The fourth-order valence-electron chi connectivity index (χ4n) is 2.75. The van der Waals surface area contributed by atoms with Gasteiger partial charge in [-0.25, -0.2) is 0 Å². The van der Waals surface area contributed by atoms with Crippen molar-refractivity contribution in [3.63, 3.8) is 0 Å². The summed E-state index contributed by atoms with van der Waals surface area (Å²) in [5.41, 5.74) is 1.20. The zero-order valence-electron chi connectivity index (χ0n) is 13.1. The molecule has 1 aliphatic rings. The van der Waals surface area contributed by atoms with Crippen LogP contribution in [0.1, 0.15) is 51.8 Å². The Hall–Kier alpha value is -0.870. The van der Waals surface area contributed by atoms with Gasteiger partial charge in [0.1, 0.15) is 0 Å². The lowest BCUT2D eigenvalue weighted by Gasteiger charge is -2.23. The molecule has 2 rings (SSSR count). The molecule has 0 saturated carbocycles. The van der Waals surface area contributed by atoms with Gasteiger partial charge in [0.25, 0.3) is 0 Å². The van der Waals surface area contributed by atoms with Gasteiger partial charge in [0.05, 0.1) is 12.3 Å². The van der Waals surface area contributed by atoms with Crippen LogP contribution in [0.4, 0.5) is 0 Å². The number of hydrogen-bond donors (Lipinski definition) is 1. The van der Waals surface area contributed by atoms with Crippen LogP contribution in [0, 0.1) is 5.92 Å². The molecule has 0 spiro atoms. The van der Waals surface area contributed by atoms with Gasteiger partial charge in [-0.3, -0.25) is 4.68 Å². The van der Waals surface area contributed by atoms with Crippen LogP contribution in [0.15, 0.2) is 12.3 Å². The third-order valence-electron chi connectivity index (χ3n) is 4.33. The first kappa shape index (κ1) is 15.5.